The molecule has 0 N–H and O–H groups in total. The van der Waals surface area contributed by atoms with Crippen molar-refractivity contribution in [3.05, 3.63) is 47.5 Å². The Balaban J connectivity index is 3.34. The van der Waals surface area contributed by atoms with Gasteiger partial charge in [0.05, 0.1) is 4.90 Å². The van der Waals surface area contributed by atoms with Crippen molar-refractivity contribution in [2.75, 3.05) is 0 Å². The predicted molar refractivity (Wildman–Crippen MR) is 76.2 cm³/mol. The summed E-state index contributed by atoms with van der Waals surface area (Å²) in [6, 6.07) is 4.87. The molecular weight excluding hydrogens is 276 g/mol. The van der Waals surface area contributed by atoms with E-state index < -0.39 is 20.7 Å². The molecule has 0 radical (unpaired) electrons. The Labute approximate surface area is 118 Å². The van der Waals surface area contributed by atoms with Crippen LogP contribution in [0, 0.1) is 13.8 Å². The van der Waals surface area contributed by atoms with Crippen molar-refractivity contribution in [1.29, 1.82) is 0 Å². The summed E-state index contributed by atoms with van der Waals surface area (Å²) in [6.45, 7) is 6.82. The molecule has 0 fully saturated rings. The molecular formula is C14H16N2O3S. The van der Waals surface area contributed by atoms with Crippen LogP contribution in [-0.4, -0.2) is 24.0 Å². The SMILES string of the molecule is C=CCCC(=O)C(=[N+]=[N-])S(=O)(=O)c1cc(C)ccc1C. The van der Waals surface area contributed by atoms with E-state index in [0.29, 0.717) is 12.0 Å². The van der Waals surface area contributed by atoms with E-state index in [1.165, 1.54) is 12.1 Å². The smallest absolute Gasteiger partial charge is 0.360 e. The molecule has 0 saturated heterocycles. The van der Waals surface area contributed by atoms with Crippen molar-refractivity contribution in [2.24, 2.45) is 0 Å². The first-order valence-corrected chi connectivity index (χ1v) is 7.51. The first-order valence-electron chi connectivity index (χ1n) is 6.03. The lowest BCUT2D eigenvalue weighted by molar-refractivity contribution is -0.116. The van der Waals surface area contributed by atoms with Crippen LogP contribution in [-0.2, 0) is 14.6 Å². The second-order valence-electron chi connectivity index (χ2n) is 4.43. The van der Waals surface area contributed by atoms with Crippen LogP contribution in [0.2, 0.25) is 0 Å². The monoisotopic (exact) mass is 292 g/mol. The summed E-state index contributed by atoms with van der Waals surface area (Å²) in [7, 11) is -4.12. The van der Waals surface area contributed by atoms with Crippen molar-refractivity contribution in [3.8, 4) is 0 Å². The van der Waals surface area contributed by atoms with Crippen LogP contribution in [0.4, 0.5) is 0 Å². The van der Waals surface area contributed by atoms with Gasteiger partial charge < -0.3 is 5.53 Å². The van der Waals surface area contributed by atoms with Crippen LogP contribution in [0.5, 0.6) is 0 Å². The number of hydrogen-bond donors (Lipinski definition) is 0. The quantitative estimate of drug-likeness (QED) is 0.274. The van der Waals surface area contributed by atoms with E-state index in [1.807, 2.05) is 0 Å². The van der Waals surface area contributed by atoms with Gasteiger partial charge in [-0.15, -0.1) is 11.4 Å². The average molecular weight is 292 g/mol. The Morgan fingerprint density at radius 1 is 1.40 bits per heavy atom. The van der Waals surface area contributed by atoms with Crippen molar-refractivity contribution in [3.63, 3.8) is 0 Å². The zero-order chi connectivity index (χ0) is 15.3. The number of aryl methyl sites for hydroxylation is 2. The molecule has 0 aliphatic rings. The summed E-state index contributed by atoms with van der Waals surface area (Å²) in [4.78, 5) is 14.5. The highest BCUT2D eigenvalue weighted by Gasteiger charge is 2.37. The number of Topliss-reactive ketones (excluding diaryl/α,β-unsaturated/α-hetero) is 1. The molecule has 0 atom stereocenters. The van der Waals surface area contributed by atoms with Gasteiger partial charge in [-0.3, -0.25) is 4.79 Å². The number of hydrogen-bond acceptors (Lipinski definition) is 3. The summed E-state index contributed by atoms with van der Waals surface area (Å²) in [5.41, 5.74) is 10.1. The third-order valence-electron chi connectivity index (χ3n) is 2.79. The lowest BCUT2D eigenvalue weighted by atomic mass is 10.2. The van der Waals surface area contributed by atoms with Gasteiger partial charge in [-0.1, -0.05) is 18.2 Å². The van der Waals surface area contributed by atoms with Crippen LogP contribution in [0.15, 0.2) is 35.7 Å². The number of rotatable bonds is 5. The molecule has 0 amide bonds. The van der Waals surface area contributed by atoms with Gasteiger partial charge in [-0.05, 0) is 37.5 Å². The van der Waals surface area contributed by atoms with Gasteiger partial charge in [0.15, 0.2) is 0 Å². The van der Waals surface area contributed by atoms with E-state index in [1.54, 1.807) is 26.0 Å². The Hall–Kier alpha value is -2.04. The zero-order valence-corrected chi connectivity index (χ0v) is 12.3. The highest BCUT2D eigenvalue weighted by atomic mass is 32.2. The molecule has 0 bridgehead atoms. The fraction of sp³-hybridized carbons (Fsp3) is 0.286. The summed E-state index contributed by atoms with van der Waals surface area (Å²) in [5, 5.41) is -0.826. The normalized spacial score (nSPS) is 10.7. The third kappa shape index (κ3) is 3.29. The van der Waals surface area contributed by atoms with Crippen molar-refractivity contribution >= 4 is 20.7 Å². The number of ketones is 1. The fourth-order valence-electron chi connectivity index (χ4n) is 1.70. The van der Waals surface area contributed by atoms with Gasteiger partial charge in [-0.25, -0.2) is 8.42 Å². The van der Waals surface area contributed by atoms with Gasteiger partial charge in [0, 0.05) is 6.42 Å². The maximum Gasteiger partial charge on any atom is 0.451 e. The molecule has 5 nitrogen and oxygen atoms in total. The van der Waals surface area contributed by atoms with Crippen molar-refractivity contribution < 1.29 is 18.0 Å². The van der Waals surface area contributed by atoms with Crippen molar-refractivity contribution in [2.45, 2.75) is 31.6 Å². The number of nitrogens with zero attached hydrogens (tertiary/aromatic N) is 2. The molecule has 0 heterocycles. The minimum atomic E-state index is -4.12. The standard InChI is InChI=1S/C14H16N2O3S/c1-4-5-6-12(17)14(16-15)20(18,19)13-9-10(2)7-8-11(13)3/h4,7-9H,1,5-6H2,2-3H3. The Morgan fingerprint density at radius 2 is 2.05 bits per heavy atom. The number of carbonyl (C=O) groups is 1. The number of carbonyl (C=O) groups excluding carboxylic acids is 1. The van der Waals surface area contributed by atoms with E-state index in [4.69, 9.17) is 5.53 Å². The molecule has 20 heavy (non-hydrogen) atoms. The topological polar surface area (TPSA) is 87.6 Å². The molecule has 0 saturated carbocycles. The summed E-state index contributed by atoms with van der Waals surface area (Å²) in [5.74, 6) is -0.728. The minimum Gasteiger partial charge on any atom is -0.360 e. The van der Waals surface area contributed by atoms with Crippen LogP contribution >= 0.6 is 0 Å². The van der Waals surface area contributed by atoms with E-state index in [0.717, 1.165) is 5.56 Å². The van der Waals surface area contributed by atoms with E-state index in [-0.39, 0.29) is 11.3 Å². The Kier molecular flexibility index (Phi) is 5.13. The van der Waals surface area contributed by atoms with E-state index in [9.17, 15) is 13.2 Å². The molecule has 106 valence electrons. The second kappa shape index (κ2) is 6.41. The number of allylic oxidation sites excluding steroid dienone is 1. The molecule has 0 unspecified atom stereocenters. The summed E-state index contributed by atoms with van der Waals surface area (Å²) < 4.78 is 24.8. The lowest BCUT2D eigenvalue weighted by Crippen LogP contribution is -2.26. The third-order valence-corrected chi connectivity index (χ3v) is 4.63. The van der Waals surface area contributed by atoms with Crippen LogP contribution in [0.3, 0.4) is 0 Å². The number of sulfone groups is 1. The second-order valence-corrected chi connectivity index (χ2v) is 6.26. The first kappa shape index (κ1) is 16.0. The molecule has 0 spiro atoms. The van der Waals surface area contributed by atoms with E-state index in [2.05, 4.69) is 11.4 Å². The van der Waals surface area contributed by atoms with Gasteiger partial charge in [0.1, 0.15) is 0 Å². The highest BCUT2D eigenvalue weighted by molar-refractivity contribution is 8.08. The van der Waals surface area contributed by atoms with Crippen LogP contribution in [0.1, 0.15) is 24.0 Å². The number of benzene rings is 1. The maximum atomic E-state index is 12.4. The predicted octanol–water partition coefficient (Wildman–Crippen LogP) is 2.24. The minimum absolute atomic E-state index is 0.0164. The van der Waals surface area contributed by atoms with Crippen LogP contribution in [0.25, 0.3) is 5.53 Å². The van der Waals surface area contributed by atoms with Gasteiger partial charge in [-0.2, -0.15) is 0 Å². The molecule has 6 heteroatoms. The van der Waals surface area contributed by atoms with E-state index >= 15 is 0 Å². The van der Waals surface area contributed by atoms with Gasteiger partial charge >= 0.3 is 5.04 Å². The fourth-order valence-corrected chi connectivity index (χ4v) is 3.25. The molecule has 0 aromatic heterocycles. The molecule has 0 aliphatic heterocycles. The Bertz CT molecular complexity index is 699. The first-order chi connectivity index (χ1) is 9.34. The summed E-state index contributed by atoms with van der Waals surface area (Å²) in [6.07, 6.45) is 1.75. The van der Waals surface area contributed by atoms with Crippen molar-refractivity contribution in [1.82, 2.24) is 0 Å². The Morgan fingerprint density at radius 3 is 2.60 bits per heavy atom. The summed E-state index contributed by atoms with van der Waals surface area (Å²) >= 11 is 0. The van der Waals surface area contributed by atoms with Crippen LogP contribution < -0.4 is 0 Å². The molecule has 1 aromatic rings. The zero-order valence-electron chi connectivity index (χ0n) is 11.5. The average Bonchev–Trinajstić information content (AvgIpc) is 2.39. The largest absolute Gasteiger partial charge is 0.451 e. The molecule has 1 aromatic carbocycles. The molecule has 0 aliphatic carbocycles. The maximum absolute atomic E-state index is 12.4. The van der Waals surface area contributed by atoms with Gasteiger partial charge in [0.2, 0.25) is 0 Å². The molecule has 1 rings (SSSR count). The van der Waals surface area contributed by atoms with Gasteiger partial charge in [0.25, 0.3) is 15.6 Å². The lowest BCUT2D eigenvalue weighted by Gasteiger charge is -2.05. The highest BCUT2D eigenvalue weighted by Crippen LogP contribution is 2.19.